The Morgan fingerprint density at radius 3 is 1.95 bits per heavy atom. The van der Waals surface area contributed by atoms with Crippen LogP contribution in [-0.2, 0) is 14.2 Å². The zero-order valence-electron chi connectivity index (χ0n) is 14.9. The van der Waals surface area contributed by atoms with Crippen molar-refractivity contribution in [1.82, 2.24) is 0 Å². The molecule has 2 unspecified atom stereocenters. The van der Waals surface area contributed by atoms with Gasteiger partial charge in [-0.1, -0.05) is 52.4 Å². The lowest BCUT2D eigenvalue weighted by Crippen LogP contribution is -2.23. The van der Waals surface area contributed by atoms with E-state index in [-0.39, 0.29) is 12.2 Å². The summed E-state index contributed by atoms with van der Waals surface area (Å²) in [6, 6.07) is 0. The molecule has 0 N–H and O–H groups in total. The van der Waals surface area contributed by atoms with Crippen LogP contribution in [0.5, 0.6) is 0 Å². The molecule has 0 radical (unpaired) electrons. The van der Waals surface area contributed by atoms with Gasteiger partial charge >= 0.3 is 0 Å². The Labute approximate surface area is 132 Å². The molecular weight excluding hydrogens is 264 g/mol. The number of ether oxygens (including phenoxy) is 3. The van der Waals surface area contributed by atoms with Crippen molar-refractivity contribution in [2.24, 2.45) is 0 Å². The van der Waals surface area contributed by atoms with Crippen molar-refractivity contribution in [1.29, 1.82) is 0 Å². The zero-order valence-corrected chi connectivity index (χ0v) is 14.9. The number of hydrogen-bond donors (Lipinski definition) is 0. The fourth-order valence-corrected chi connectivity index (χ4v) is 2.06. The molecule has 0 saturated carbocycles. The maximum absolute atomic E-state index is 5.74. The van der Waals surface area contributed by atoms with E-state index in [0.717, 1.165) is 19.6 Å². The van der Waals surface area contributed by atoms with E-state index < -0.39 is 0 Å². The van der Waals surface area contributed by atoms with Gasteiger partial charge in [-0.3, -0.25) is 0 Å². The van der Waals surface area contributed by atoms with E-state index in [4.69, 9.17) is 14.2 Å². The molecule has 0 aliphatic rings. The maximum Gasteiger partial charge on any atom is 0.0781 e. The van der Waals surface area contributed by atoms with Crippen molar-refractivity contribution in [3.8, 4) is 0 Å². The molecular formula is C18H38O3. The van der Waals surface area contributed by atoms with Crippen molar-refractivity contribution in [2.75, 3.05) is 26.4 Å². The highest BCUT2D eigenvalue weighted by molar-refractivity contribution is 4.53. The molecule has 0 spiro atoms. The molecule has 0 amide bonds. The van der Waals surface area contributed by atoms with Gasteiger partial charge in [0.05, 0.1) is 25.4 Å². The van der Waals surface area contributed by atoms with Gasteiger partial charge in [-0.15, -0.1) is 0 Å². The van der Waals surface area contributed by atoms with Crippen LogP contribution in [-0.4, -0.2) is 38.6 Å². The van der Waals surface area contributed by atoms with Gasteiger partial charge in [-0.25, -0.2) is 0 Å². The summed E-state index contributed by atoms with van der Waals surface area (Å²) in [5, 5.41) is 0. The fraction of sp³-hybridized carbons (Fsp3) is 1.00. The van der Waals surface area contributed by atoms with Crippen LogP contribution in [0.4, 0.5) is 0 Å². The van der Waals surface area contributed by atoms with Crippen molar-refractivity contribution in [2.45, 2.75) is 91.3 Å². The lowest BCUT2D eigenvalue weighted by atomic mass is 10.1. The largest absolute Gasteiger partial charge is 0.379 e. The molecule has 0 heterocycles. The van der Waals surface area contributed by atoms with E-state index in [1.807, 2.05) is 0 Å². The summed E-state index contributed by atoms with van der Waals surface area (Å²) in [4.78, 5) is 0. The highest BCUT2D eigenvalue weighted by atomic mass is 16.6. The van der Waals surface area contributed by atoms with Gasteiger partial charge in [0.2, 0.25) is 0 Å². The monoisotopic (exact) mass is 302 g/mol. The third kappa shape index (κ3) is 16.1. The highest BCUT2D eigenvalue weighted by Crippen LogP contribution is 2.05. The van der Waals surface area contributed by atoms with Crippen molar-refractivity contribution >= 4 is 0 Å². The van der Waals surface area contributed by atoms with Gasteiger partial charge < -0.3 is 14.2 Å². The van der Waals surface area contributed by atoms with Crippen LogP contribution in [0, 0.1) is 0 Å². The second-order valence-electron chi connectivity index (χ2n) is 6.02. The average molecular weight is 302 g/mol. The van der Waals surface area contributed by atoms with Gasteiger partial charge in [0.1, 0.15) is 0 Å². The smallest absolute Gasteiger partial charge is 0.0781 e. The molecule has 0 saturated heterocycles. The Morgan fingerprint density at radius 2 is 1.24 bits per heavy atom. The topological polar surface area (TPSA) is 27.7 Å². The van der Waals surface area contributed by atoms with Crippen LogP contribution in [0.25, 0.3) is 0 Å². The molecule has 0 bridgehead atoms. The Kier molecular flexibility index (Phi) is 16.2. The summed E-state index contributed by atoms with van der Waals surface area (Å²) in [7, 11) is 0. The van der Waals surface area contributed by atoms with Crippen molar-refractivity contribution in [3.63, 3.8) is 0 Å². The molecule has 128 valence electrons. The van der Waals surface area contributed by atoms with Crippen LogP contribution in [0.1, 0.15) is 79.1 Å². The predicted molar refractivity (Wildman–Crippen MR) is 89.9 cm³/mol. The first-order valence-electron chi connectivity index (χ1n) is 9.01. The first-order chi connectivity index (χ1) is 10.2. The standard InChI is InChI=1S/C18H38O3/c1-5-7-9-10-11-12-13-19-15-17(3)21-16-18(4)20-14-8-6-2/h17-18H,5-16H2,1-4H3. The van der Waals surface area contributed by atoms with Gasteiger partial charge in [-0.05, 0) is 26.7 Å². The summed E-state index contributed by atoms with van der Waals surface area (Å²) in [5.41, 5.74) is 0. The molecule has 0 aliphatic carbocycles. The fourth-order valence-electron chi connectivity index (χ4n) is 2.06. The minimum Gasteiger partial charge on any atom is -0.379 e. The third-order valence-corrected chi connectivity index (χ3v) is 3.51. The molecule has 0 aromatic heterocycles. The Bertz CT molecular complexity index is 197. The van der Waals surface area contributed by atoms with E-state index in [9.17, 15) is 0 Å². The minimum absolute atomic E-state index is 0.155. The second kappa shape index (κ2) is 16.3. The Balaban J connectivity index is 3.28. The van der Waals surface area contributed by atoms with Crippen LogP contribution >= 0.6 is 0 Å². The van der Waals surface area contributed by atoms with Crippen LogP contribution in [0.15, 0.2) is 0 Å². The summed E-state index contributed by atoms with van der Waals surface area (Å²) in [5.74, 6) is 0. The average Bonchev–Trinajstić information content (AvgIpc) is 2.48. The molecule has 0 aromatic carbocycles. The van der Waals surface area contributed by atoms with E-state index in [1.165, 1.54) is 44.9 Å². The van der Waals surface area contributed by atoms with E-state index in [2.05, 4.69) is 27.7 Å². The normalized spacial score (nSPS) is 14.3. The quantitative estimate of drug-likeness (QED) is 0.377. The molecule has 3 heteroatoms. The van der Waals surface area contributed by atoms with Crippen LogP contribution in [0.3, 0.4) is 0 Å². The number of unbranched alkanes of at least 4 members (excludes halogenated alkanes) is 6. The van der Waals surface area contributed by atoms with Gasteiger partial charge in [0.15, 0.2) is 0 Å². The molecule has 0 rings (SSSR count). The lowest BCUT2D eigenvalue weighted by molar-refractivity contribution is -0.0575. The first-order valence-corrected chi connectivity index (χ1v) is 9.01. The van der Waals surface area contributed by atoms with E-state index in [0.29, 0.717) is 13.2 Å². The van der Waals surface area contributed by atoms with E-state index >= 15 is 0 Å². The third-order valence-electron chi connectivity index (χ3n) is 3.51. The van der Waals surface area contributed by atoms with Gasteiger partial charge in [0, 0.05) is 13.2 Å². The van der Waals surface area contributed by atoms with Crippen molar-refractivity contribution in [3.05, 3.63) is 0 Å². The molecule has 2 atom stereocenters. The second-order valence-corrected chi connectivity index (χ2v) is 6.02. The summed E-state index contributed by atoms with van der Waals surface area (Å²) in [6.45, 7) is 11.6. The molecule has 21 heavy (non-hydrogen) atoms. The van der Waals surface area contributed by atoms with Gasteiger partial charge in [-0.2, -0.15) is 0 Å². The molecule has 0 fully saturated rings. The summed E-state index contributed by atoms with van der Waals surface area (Å²) >= 11 is 0. The Hall–Kier alpha value is -0.120. The van der Waals surface area contributed by atoms with Gasteiger partial charge in [0.25, 0.3) is 0 Å². The van der Waals surface area contributed by atoms with E-state index in [1.54, 1.807) is 0 Å². The minimum atomic E-state index is 0.155. The summed E-state index contributed by atoms with van der Waals surface area (Å²) < 4.78 is 17.1. The van der Waals surface area contributed by atoms with Crippen LogP contribution < -0.4 is 0 Å². The Morgan fingerprint density at radius 1 is 0.619 bits per heavy atom. The lowest BCUT2D eigenvalue weighted by Gasteiger charge is -2.17. The predicted octanol–water partition coefficient (Wildman–Crippen LogP) is 4.97. The SMILES string of the molecule is CCCCCCCCOCC(C)OCC(C)OCCCC. The molecule has 0 aliphatic heterocycles. The first kappa shape index (κ1) is 20.9. The zero-order chi connectivity index (χ0) is 15.8. The van der Waals surface area contributed by atoms with Crippen molar-refractivity contribution < 1.29 is 14.2 Å². The maximum atomic E-state index is 5.74. The number of rotatable bonds is 16. The molecule has 0 aromatic rings. The number of hydrogen-bond acceptors (Lipinski definition) is 3. The molecule has 3 nitrogen and oxygen atoms in total. The summed E-state index contributed by atoms with van der Waals surface area (Å²) in [6.07, 6.45) is 10.5. The van der Waals surface area contributed by atoms with Crippen LogP contribution in [0.2, 0.25) is 0 Å². The highest BCUT2D eigenvalue weighted by Gasteiger charge is 2.07.